The first-order valence-electron chi connectivity index (χ1n) is 3.87. The average molecular weight is 192 g/mol. The fourth-order valence-electron chi connectivity index (χ4n) is 1.07. The van der Waals surface area contributed by atoms with Crippen molar-refractivity contribution in [1.82, 2.24) is 0 Å². The van der Waals surface area contributed by atoms with Crippen LogP contribution in [0.15, 0.2) is 34.5 Å². The van der Waals surface area contributed by atoms with Crippen LogP contribution in [0.5, 0.6) is 0 Å². The fraction of sp³-hybridized carbons (Fsp3) is 0. The maximum Gasteiger partial charge on any atom is 0.151 e. The molecule has 0 unspecified atom stereocenters. The van der Waals surface area contributed by atoms with Crippen molar-refractivity contribution in [1.29, 1.82) is 0 Å². The number of rotatable bonds is 2. The van der Waals surface area contributed by atoms with Crippen LogP contribution in [0.3, 0.4) is 0 Å². The van der Waals surface area contributed by atoms with Crippen LogP contribution in [0.2, 0.25) is 0 Å². The van der Waals surface area contributed by atoms with Crippen LogP contribution in [0, 0.1) is 0 Å². The number of hydrazone groups is 2. The summed E-state index contributed by atoms with van der Waals surface area (Å²) >= 11 is 0. The molecule has 0 amide bonds. The lowest BCUT2D eigenvalue weighted by Gasteiger charge is -2.06. The SMILES string of the molecule is N/N=C(\N)c1ccccc1/C(N)=N/N. The Labute approximate surface area is 81.3 Å². The highest BCUT2D eigenvalue weighted by Crippen LogP contribution is 2.07. The summed E-state index contributed by atoms with van der Waals surface area (Å²) in [5.74, 6) is 10.5. The molecule has 1 rings (SSSR count). The van der Waals surface area contributed by atoms with E-state index in [0.29, 0.717) is 11.1 Å². The predicted molar refractivity (Wildman–Crippen MR) is 56.3 cm³/mol. The van der Waals surface area contributed by atoms with Crippen molar-refractivity contribution in [2.24, 2.45) is 33.4 Å². The highest BCUT2D eigenvalue weighted by molar-refractivity contribution is 6.09. The Morgan fingerprint density at radius 3 is 1.50 bits per heavy atom. The zero-order valence-electron chi connectivity index (χ0n) is 7.51. The van der Waals surface area contributed by atoms with Crippen molar-refractivity contribution in [2.75, 3.05) is 0 Å². The van der Waals surface area contributed by atoms with Crippen molar-refractivity contribution in [3.8, 4) is 0 Å². The zero-order valence-corrected chi connectivity index (χ0v) is 7.51. The monoisotopic (exact) mass is 192 g/mol. The van der Waals surface area contributed by atoms with Crippen molar-refractivity contribution < 1.29 is 0 Å². The van der Waals surface area contributed by atoms with E-state index in [1.165, 1.54) is 0 Å². The van der Waals surface area contributed by atoms with Crippen LogP contribution >= 0.6 is 0 Å². The Morgan fingerprint density at radius 2 is 1.21 bits per heavy atom. The Morgan fingerprint density at radius 1 is 0.857 bits per heavy atom. The maximum absolute atomic E-state index is 5.56. The quantitative estimate of drug-likeness (QED) is 0.204. The molecule has 0 bridgehead atoms. The summed E-state index contributed by atoms with van der Waals surface area (Å²) in [5, 5.41) is 6.76. The maximum atomic E-state index is 5.56. The number of amidine groups is 2. The smallest absolute Gasteiger partial charge is 0.151 e. The van der Waals surface area contributed by atoms with Crippen LogP contribution in [0.4, 0.5) is 0 Å². The van der Waals surface area contributed by atoms with E-state index in [2.05, 4.69) is 10.2 Å². The molecule has 8 N–H and O–H groups in total. The molecule has 0 aromatic heterocycles. The lowest BCUT2D eigenvalue weighted by atomic mass is 10.1. The molecule has 0 saturated heterocycles. The lowest BCUT2D eigenvalue weighted by Crippen LogP contribution is -2.23. The lowest BCUT2D eigenvalue weighted by molar-refractivity contribution is 1.21. The molecular formula is C8H12N6. The molecule has 74 valence electrons. The molecule has 6 heteroatoms. The van der Waals surface area contributed by atoms with Gasteiger partial charge in [-0.25, -0.2) is 0 Å². The Balaban J connectivity index is 3.30. The molecule has 0 aliphatic rings. The van der Waals surface area contributed by atoms with Crippen molar-refractivity contribution in [3.63, 3.8) is 0 Å². The Bertz CT molecular complexity index is 344. The first-order valence-corrected chi connectivity index (χ1v) is 3.87. The van der Waals surface area contributed by atoms with Gasteiger partial charge >= 0.3 is 0 Å². The zero-order chi connectivity index (χ0) is 10.6. The molecule has 0 saturated carbocycles. The summed E-state index contributed by atoms with van der Waals surface area (Å²) in [4.78, 5) is 0. The summed E-state index contributed by atoms with van der Waals surface area (Å²) in [5.41, 5.74) is 12.3. The van der Waals surface area contributed by atoms with Gasteiger partial charge in [-0.3, -0.25) is 0 Å². The molecular weight excluding hydrogens is 180 g/mol. The topological polar surface area (TPSA) is 129 Å². The van der Waals surface area contributed by atoms with Gasteiger partial charge in [0, 0.05) is 11.1 Å². The van der Waals surface area contributed by atoms with E-state index in [9.17, 15) is 0 Å². The molecule has 0 aliphatic heterocycles. The van der Waals surface area contributed by atoms with Crippen LogP contribution in [0.1, 0.15) is 11.1 Å². The first kappa shape index (κ1) is 9.85. The second-order valence-electron chi connectivity index (χ2n) is 2.57. The van der Waals surface area contributed by atoms with Gasteiger partial charge in [0.05, 0.1) is 0 Å². The molecule has 0 radical (unpaired) electrons. The van der Waals surface area contributed by atoms with Crippen molar-refractivity contribution >= 4 is 11.7 Å². The highest BCUT2D eigenvalue weighted by Gasteiger charge is 2.08. The predicted octanol–water partition coefficient (Wildman–Crippen LogP) is -1.16. The third-order valence-corrected chi connectivity index (χ3v) is 1.76. The van der Waals surface area contributed by atoms with E-state index < -0.39 is 0 Å². The molecule has 1 aromatic carbocycles. The molecule has 0 atom stereocenters. The third-order valence-electron chi connectivity index (χ3n) is 1.76. The summed E-state index contributed by atoms with van der Waals surface area (Å²) in [6.45, 7) is 0. The van der Waals surface area contributed by atoms with Gasteiger partial charge in [-0.1, -0.05) is 24.3 Å². The van der Waals surface area contributed by atoms with E-state index in [1.54, 1.807) is 24.3 Å². The third kappa shape index (κ3) is 1.74. The van der Waals surface area contributed by atoms with Gasteiger partial charge in [-0.05, 0) is 0 Å². The highest BCUT2D eigenvalue weighted by atomic mass is 15.2. The number of benzene rings is 1. The molecule has 14 heavy (non-hydrogen) atoms. The normalized spacial score (nSPS) is 12.9. The van der Waals surface area contributed by atoms with Gasteiger partial charge in [0.1, 0.15) is 0 Å². The Hall–Kier alpha value is -2.24. The van der Waals surface area contributed by atoms with E-state index in [1.807, 2.05) is 0 Å². The molecule has 0 spiro atoms. The van der Waals surface area contributed by atoms with Gasteiger partial charge in [-0.2, -0.15) is 10.2 Å². The second-order valence-corrected chi connectivity index (χ2v) is 2.57. The summed E-state index contributed by atoms with van der Waals surface area (Å²) in [6.07, 6.45) is 0. The second kappa shape index (κ2) is 4.13. The van der Waals surface area contributed by atoms with Crippen molar-refractivity contribution in [2.45, 2.75) is 0 Å². The minimum absolute atomic E-state index is 0.187. The summed E-state index contributed by atoms with van der Waals surface area (Å²) in [7, 11) is 0. The molecule has 0 aliphatic carbocycles. The van der Waals surface area contributed by atoms with Gasteiger partial charge in [0.25, 0.3) is 0 Å². The van der Waals surface area contributed by atoms with E-state index in [-0.39, 0.29) is 11.7 Å². The Kier molecular flexibility index (Phi) is 2.90. The minimum atomic E-state index is 0.187. The molecule has 1 aromatic rings. The number of hydrogen-bond acceptors (Lipinski definition) is 4. The number of hydrogen-bond donors (Lipinski definition) is 4. The van der Waals surface area contributed by atoms with E-state index >= 15 is 0 Å². The van der Waals surface area contributed by atoms with Crippen molar-refractivity contribution in [3.05, 3.63) is 35.4 Å². The van der Waals surface area contributed by atoms with Crippen LogP contribution < -0.4 is 23.2 Å². The van der Waals surface area contributed by atoms with Crippen LogP contribution in [-0.2, 0) is 0 Å². The minimum Gasteiger partial charge on any atom is -0.382 e. The summed E-state index contributed by atoms with van der Waals surface area (Å²) < 4.78 is 0. The number of nitrogens with two attached hydrogens (primary N) is 4. The first-order chi connectivity index (χ1) is 6.70. The van der Waals surface area contributed by atoms with Crippen LogP contribution in [-0.4, -0.2) is 11.7 Å². The molecule has 0 fully saturated rings. The van der Waals surface area contributed by atoms with Crippen LogP contribution in [0.25, 0.3) is 0 Å². The van der Waals surface area contributed by atoms with Gasteiger partial charge in [-0.15, -0.1) is 0 Å². The van der Waals surface area contributed by atoms with E-state index in [0.717, 1.165) is 0 Å². The number of nitrogens with zero attached hydrogens (tertiary/aromatic N) is 2. The largest absolute Gasteiger partial charge is 0.382 e. The molecule has 6 nitrogen and oxygen atoms in total. The molecule has 0 heterocycles. The summed E-state index contributed by atoms with van der Waals surface area (Å²) in [6, 6.07) is 7.06. The average Bonchev–Trinajstić information content (AvgIpc) is 2.27. The van der Waals surface area contributed by atoms with Gasteiger partial charge in [0.15, 0.2) is 11.7 Å². The van der Waals surface area contributed by atoms with E-state index in [4.69, 9.17) is 23.2 Å². The standard InChI is InChI=1S/C8H12N6/c9-7(13-11)5-3-1-2-4-6(5)8(10)14-12/h1-4H,11-12H2,(H2,9,13)(H2,10,14). The van der Waals surface area contributed by atoms with Gasteiger partial charge in [0.2, 0.25) is 0 Å². The fourth-order valence-corrected chi connectivity index (χ4v) is 1.07. The van der Waals surface area contributed by atoms with Gasteiger partial charge < -0.3 is 23.2 Å².